The van der Waals surface area contributed by atoms with Crippen molar-refractivity contribution in [1.29, 1.82) is 0 Å². The summed E-state index contributed by atoms with van der Waals surface area (Å²) >= 11 is 0. The van der Waals surface area contributed by atoms with E-state index >= 15 is 0 Å². The second-order valence-electron chi connectivity index (χ2n) is 3.88. The van der Waals surface area contributed by atoms with Crippen LogP contribution in [0.25, 0.3) is 0 Å². The lowest BCUT2D eigenvalue weighted by Crippen LogP contribution is -2.35. The van der Waals surface area contributed by atoms with Gasteiger partial charge in [0.1, 0.15) is 5.69 Å². The number of hydrogen-bond donors (Lipinski definition) is 2. The molecule has 1 atom stereocenters. The van der Waals surface area contributed by atoms with E-state index in [4.69, 9.17) is 0 Å². The molecule has 0 amide bonds. The van der Waals surface area contributed by atoms with Crippen molar-refractivity contribution in [3.63, 3.8) is 0 Å². The Morgan fingerprint density at radius 3 is 2.69 bits per heavy atom. The average molecular weight is 235 g/mol. The first-order chi connectivity index (χ1) is 7.48. The Hall–Kier alpha value is -1.24. The Kier molecular flexibility index (Phi) is 2.79. The van der Waals surface area contributed by atoms with Gasteiger partial charge in [-0.3, -0.25) is 9.89 Å². The maximum Gasteiger partial charge on any atom is 0.432 e. The lowest BCUT2D eigenvalue weighted by molar-refractivity contribution is -0.141. The number of nitrogens with zero attached hydrogens (tertiary/aromatic N) is 1. The van der Waals surface area contributed by atoms with Gasteiger partial charge in [0.25, 0.3) is 5.56 Å². The van der Waals surface area contributed by atoms with Gasteiger partial charge < -0.3 is 5.32 Å². The Balaban J connectivity index is 2.28. The highest BCUT2D eigenvalue weighted by atomic mass is 19.4. The number of hydrogen-bond acceptors (Lipinski definition) is 2. The molecule has 1 fully saturated rings. The standard InChI is InChI=1S/C9H12F3N3O/c10-9(11,12)7-4-8(16)15(14-7)6-2-1-3-13-5-6/h4,6,13-14H,1-3,5H2/t6-/m1/s1. The number of H-pyrrole nitrogens is 1. The van der Waals surface area contributed by atoms with E-state index in [9.17, 15) is 18.0 Å². The molecule has 2 heterocycles. The van der Waals surface area contributed by atoms with Crippen molar-refractivity contribution in [2.45, 2.75) is 25.1 Å². The Bertz CT molecular complexity index is 414. The smallest absolute Gasteiger partial charge is 0.315 e. The van der Waals surface area contributed by atoms with Crippen molar-refractivity contribution < 1.29 is 13.2 Å². The SMILES string of the molecule is O=c1cc(C(F)(F)F)[nH]n1[C@@H]1CCCNC1. The number of rotatable bonds is 1. The third-order valence-electron chi connectivity index (χ3n) is 2.69. The maximum absolute atomic E-state index is 12.3. The quantitative estimate of drug-likeness (QED) is 0.766. The van der Waals surface area contributed by atoms with E-state index < -0.39 is 17.4 Å². The van der Waals surface area contributed by atoms with Crippen molar-refractivity contribution >= 4 is 0 Å². The monoisotopic (exact) mass is 235 g/mol. The fraction of sp³-hybridized carbons (Fsp3) is 0.667. The summed E-state index contributed by atoms with van der Waals surface area (Å²) in [6.45, 7) is 1.37. The van der Waals surface area contributed by atoms with Crippen LogP contribution in [0.5, 0.6) is 0 Å². The van der Waals surface area contributed by atoms with Gasteiger partial charge in [-0.25, -0.2) is 4.68 Å². The summed E-state index contributed by atoms with van der Waals surface area (Å²) in [4.78, 5) is 11.4. The van der Waals surface area contributed by atoms with Gasteiger partial charge in [0.05, 0.1) is 6.04 Å². The lowest BCUT2D eigenvalue weighted by Gasteiger charge is -2.23. The number of halogens is 3. The number of aromatic nitrogens is 2. The average Bonchev–Trinajstić information content (AvgIpc) is 2.61. The minimum atomic E-state index is -4.49. The molecule has 0 saturated carbocycles. The summed E-state index contributed by atoms with van der Waals surface area (Å²) in [6, 6.07) is 0.395. The molecular formula is C9H12F3N3O. The van der Waals surface area contributed by atoms with Gasteiger partial charge in [-0.05, 0) is 19.4 Å². The van der Waals surface area contributed by atoms with Crippen LogP contribution in [0.15, 0.2) is 10.9 Å². The molecule has 1 aliphatic heterocycles. The Morgan fingerprint density at radius 2 is 2.19 bits per heavy atom. The molecule has 1 aliphatic rings. The van der Waals surface area contributed by atoms with Crippen LogP contribution in [0.1, 0.15) is 24.6 Å². The third kappa shape index (κ3) is 2.13. The molecule has 90 valence electrons. The number of nitrogens with one attached hydrogen (secondary N) is 2. The fourth-order valence-corrected chi connectivity index (χ4v) is 1.88. The van der Waals surface area contributed by atoms with Crippen molar-refractivity contribution in [2.24, 2.45) is 0 Å². The van der Waals surface area contributed by atoms with Crippen LogP contribution in [0.4, 0.5) is 13.2 Å². The molecule has 1 aromatic rings. The molecule has 0 unspecified atom stereocenters. The first kappa shape index (κ1) is 11.3. The summed E-state index contributed by atoms with van der Waals surface area (Å²) in [5.41, 5.74) is -1.61. The van der Waals surface area contributed by atoms with Crippen molar-refractivity contribution in [2.75, 3.05) is 13.1 Å². The van der Waals surface area contributed by atoms with Gasteiger partial charge in [0.2, 0.25) is 0 Å². The molecule has 0 aromatic carbocycles. The van der Waals surface area contributed by atoms with Crippen LogP contribution in [0, 0.1) is 0 Å². The van der Waals surface area contributed by atoms with E-state index in [0.29, 0.717) is 19.0 Å². The highest BCUT2D eigenvalue weighted by molar-refractivity contribution is 5.04. The van der Waals surface area contributed by atoms with Crippen LogP contribution < -0.4 is 10.9 Å². The maximum atomic E-state index is 12.3. The largest absolute Gasteiger partial charge is 0.432 e. The molecule has 16 heavy (non-hydrogen) atoms. The predicted octanol–water partition coefficient (Wildman–Crippen LogP) is 1.12. The Labute approximate surface area is 89.4 Å². The van der Waals surface area contributed by atoms with E-state index in [2.05, 4.69) is 10.4 Å². The molecule has 0 bridgehead atoms. The Morgan fingerprint density at radius 1 is 1.44 bits per heavy atom. The molecular weight excluding hydrogens is 223 g/mol. The summed E-state index contributed by atoms with van der Waals surface area (Å²) in [5, 5.41) is 5.18. The number of piperidine rings is 1. The number of alkyl halides is 3. The molecule has 2 rings (SSSR count). The molecule has 4 nitrogen and oxygen atoms in total. The van der Waals surface area contributed by atoms with Crippen LogP contribution in [-0.2, 0) is 6.18 Å². The van der Waals surface area contributed by atoms with Gasteiger partial charge in [0, 0.05) is 12.6 Å². The molecule has 7 heteroatoms. The van der Waals surface area contributed by atoms with Crippen LogP contribution in [0.2, 0.25) is 0 Å². The summed E-state index contributed by atoms with van der Waals surface area (Å²) in [7, 11) is 0. The second kappa shape index (κ2) is 3.97. The highest BCUT2D eigenvalue weighted by Crippen LogP contribution is 2.27. The van der Waals surface area contributed by atoms with Gasteiger partial charge in [0.15, 0.2) is 0 Å². The molecule has 1 saturated heterocycles. The lowest BCUT2D eigenvalue weighted by atomic mass is 10.1. The van der Waals surface area contributed by atoms with Crippen molar-refractivity contribution in [1.82, 2.24) is 15.1 Å². The summed E-state index contributed by atoms with van der Waals surface area (Å²) < 4.78 is 38.1. The van der Waals surface area contributed by atoms with E-state index in [0.717, 1.165) is 17.6 Å². The van der Waals surface area contributed by atoms with Crippen LogP contribution >= 0.6 is 0 Å². The molecule has 2 N–H and O–H groups in total. The molecule has 0 aliphatic carbocycles. The summed E-state index contributed by atoms with van der Waals surface area (Å²) in [6.07, 6.45) is -2.92. The van der Waals surface area contributed by atoms with Crippen molar-refractivity contribution in [3.05, 3.63) is 22.1 Å². The van der Waals surface area contributed by atoms with Crippen molar-refractivity contribution in [3.8, 4) is 0 Å². The van der Waals surface area contributed by atoms with Gasteiger partial charge in [-0.15, -0.1) is 0 Å². The van der Waals surface area contributed by atoms with Gasteiger partial charge in [-0.1, -0.05) is 0 Å². The van der Waals surface area contributed by atoms with Gasteiger partial charge >= 0.3 is 6.18 Å². The van der Waals surface area contributed by atoms with E-state index in [-0.39, 0.29) is 6.04 Å². The van der Waals surface area contributed by atoms with E-state index in [1.807, 2.05) is 0 Å². The zero-order valence-corrected chi connectivity index (χ0v) is 8.47. The third-order valence-corrected chi connectivity index (χ3v) is 2.69. The molecule has 1 aromatic heterocycles. The highest BCUT2D eigenvalue weighted by Gasteiger charge is 2.34. The number of aromatic amines is 1. The zero-order chi connectivity index (χ0) is 11.8. The molecule has 0 spiro atoms. The summed E-state index contributed by atoms with van der Waals surface area (Å²) in [5.74, 6) is 0. The first-order valence-corrected chi connectivity index (χ1v) is 5.08. The molecule has 0 radical (unpaired) electrons. The van der Waals surface area contributed by atoms with Crippen LogP contribution in [0.3, 0.4) is 0 Å². The topological polar surface area (TPSA) is 49.8 Å². The first-order valence-electron chi connectivity index (χ1n) is 5.08. The second-order valence-corrected chi connectivity index (χ2v) is 3.88. The normalized spacial score (nSPS) is 22.3. The predicted molar refractivity (Wildman–Crippen MR) is 51.2 cm³/mol. The van der Waals surface area contributed by atoms with Gasteiger partial charge in [-0.2, -0.15) is 13.2 Å². The minimum absolute atomic E-state index is 0.211. The van der Waals surface area contributed by atoms with E-state index in [1.54, 1.807) is 0 Å². The van der Waals surface area contributed by atoms with E-state index in [1.165, 1.54) is 0 Å². The minimum Gasteiger partial charge on any atom is -0.315 e. The van der Waals surface area contributed by atoms with Crippen LogP contribution in [-0.4, -0.2) is 22.9 Å². The fourth-order valence-electron chi connectivity index (χ4n) is 1.88. The zero-order valence-electron chi connectivity index (χ0n) is 8.47.